The summed E-state index contributed by atoms with van der Waals surface area (Å²) >= 11 is 0. The molecule has 1 aliphatic carbocycles. The molecule has 1 fully saturated rings. The Labute approximate surface area is 190 Å². The van der Waals surface area contributed by atoms with Crippen molar-refractivity contribution in [3.05, 3.63) is 59.7 Å². The number of carboxylic acid groups (broad SMARTS) is 1. The second kappa shape index (κ2) is 10.0. The number of ether oxygens (including phenoxy) is 2. The molecule has 0 saturated carbocycles. The Morgan fingerprint density at radius 1 is 1.06 bits per heavy atom. The maximum Gasteiger partial charge on any atom is 0.407 e. The summed E-state index contributed by atoms with van der Waals surface area (Å²) in [6.07, 6.45) is -2.78. The Morgan fingerprint density at radius 2 is 1.70 bits per heavy atom. The molecule has 4 N–H and O–H groups in total. The van der Waals surface area contributed by atoms with Crippen molar-refractivity contribution in [1.29, 1.82) is 0 Å². The number of fused-ring (bicyclic) bond motifs is 3. The third-order valence-corrected chi connectivity index (χ3v) is 6.00. The average Bonchev–Trinajstić information content (AvgIpc) is 3.40. The van der Waals surface area contributed by atoms with Crippen LogP contribution in [0.4, 0.5) is 4.79 Å². The number of benzene rings is 2. The summed E-state index contributed by atoms with van der Waals surface area (Å²) in [5.41, 5.74) is 4.49. The monoisotopic (exact) mass is 454 g/mol. The van der Waals surface area contributed by atoms with Crippen molar-refractivity contribution in [3.8, 4) is 11.1 Å². The average molecular weight is 454 g/mol. The van der Waals surface area contributed by atoms with Crippen LogP contribution in [0.25, 0.3) is 11.1 Å². The molecule has 4 rings (SSSR count). The van der Waals surface area contributed by atoms with Crippen LogP contribution in [-0.4, -0.2) is 66.2 Å². The normalized spacial score (nSPS) is 19.9. The second-order valence-electron chi connectivity index (χ2n) is 8.09. The number of aliphatic carboxylic acids is 1. The van der Waals surface area contributed by atoms with Crippen LogP contribution < -0.4 is 10.6 Å². The van der Waals surface area contributed by atoms with Crippen molar-refractivity contribution < 1.29 is 34.1 Å². The molecule has 0 unspecified atom stereocenters. The molecule has 3 atom stereocenters. The number of nitrogens with one attached hydrogen (secondary N) is 2. The fourth-order valence-electron chi connectivity index (χ4n) is 4.34. The predicted molar refractivity (Wildman–Crippen MR) is 118 cm³/mol. The third kappa shape index (κ3) is 4.99. The Bertz CT molecular complexity index is 995. The van der Waals surface area contributed by atoms with Gasteiger partial charge in [0.05, 0.1) is 6.04 Å². The van der Waals surface area contributed by atoms with Crippen molar-refractivity contribution in [2.24, 2.45) is 0 Å². The van der Waals surface area contributed by atoms with Crippen molar-refractivity contribution in [2.45, 2.75) is 37.0 Å². The summed E-state index contributed by atoms with van der Waals surface area (Å²) in [5, 5.41) is 23.2. The second-order valence-corrected chi connectivity index (χ2v) is 8.09. The summed E-state index contributed by atoms with van der Waals surface area (Å²) < 4.78 is 11.0. The van der Waals surface area contributed by atoms with Crippen LogP contribution in [0.3, 0.4) is 0 Å². The van der Waals surface area contributed by atoms with Crippen LogP contribution >= 0.6 is 0 Å². The minimum atomic E-state index is -1.55. The van der Waals surface area contributed by atoms with Crippen LogP contribution in [0.15, 0.2) is 48.5 Å². The number of amides is 2. The standard InChI is InChI=1S/C24H26N2O7/c27-20(23(29)30)9-11-25-22(28)21-19(10-12-32-21)26-24(31)33-13-18-16-7-3-1-5-14(16)15-6-2-4-8-17(15)18/h1-8,18-21,27H,9-13H2,(H,25,28)(H,26,31)(H,29,30)/t19-,20-,21+/m0/s1. The summed E-state index contributed by atoms with van der Waals surface area (Å²) in [6.45, 7) is 0.436. The molecular formula is C24H26N2O7. The summed E-state index contributed by atoms with van der Waals surface area (Å²) in [7, 11) is 0. The zero-order chi connectivity index (χ0) is 23.4. The van der Waals surface area contributed by atoms with Gasteiger partial charge >= 0.3 is 12.1 Å². The Morgan fingerprint density at radius 3 is 2.33 bits per heavy atom. The number of carboxylic acids is 1. The Balaban J connectivity index is 1.31. The van der Waals surface area contributed by atoms with E-state index in [0.717, 1.165) is 22.3 Å². The Hall–Kier alpha value is -3.43. The van der Waals surface area contributed by atoms with Gasteiger partial charge in [0.25, 0.3) is 5.91 Å². The van der Waals surface area contributed by atoms with E-state index in [1.54, 1.807) is 0 Å². The minimum Gasteiger partial charge on any atom is -0.479 e. The molecule has 0 aromatic heterocycles. The highest BCUT2D eigenvalue weighted by molar-refractivity contribution is 5.83. The number of aliphatic hydroxyl groups is 1. The van der Waals surface area contributed by atoms with Crippen LogP contribution in [0.5, 0.6) is 0 Å². The molecule has 2 amide bonds. The summed E-state index contributed by atoms with van der Waals surface area (Å²) in [5.74, 6) is -1.90. The van der Waals surface area contributed by atoms with E-state index in [1.807, 2.05) is 36.4 Å². The first-order valence-electron chi connectivity index (χ1n) is 10.9. The van der Waals surface area contributed by atoms with Crippen molar-refractivity contribution >= 4 is 18.0 Å². The van der Waals surface area contributed by atoms with Gasteiger partial charge in [0, 0.05) is 25.5 Å². The molecule has 174 valence electrons. The first-order valence-corrected chi connectivity index (χ1v) is 10.9. The van der Waals surface area contributed by atoms with Gasteiger partial charge in [-0.1, -0.05) is 48.5 Å². The largest absolute Gasteiger partial charge is 0.479 e. The number of aliphatic hydroxyl groups excluding tert-OH is 1. The van der Waals surface area contributed by atoms with E-state index in [-0.39, 0.29) is 25.5 Å². The van der Waals surface area contributed by atoms with Crippen molar-refractivity contribution in [3.63, 3.8) is 0 Å². The molecule has 1 heterocycles. The lowest BCUT2D eigenvalue weighted by Gasteiger charge is -2.20. The first kappa shape index (κ1) is 22.8. The molecule has 2 aliphatic rings. The van der Waals surface area contributed by atoms with E-state index in [2.05, 4.69) is 22.8 Å². The summed E-state index contributed by atoms with van der Waals surface area (Å²) in [4.78, 5) is 35.5. The molecule has 2 aromatic rings. The SMILES string of the molecule is O=C(N[C@H]1CCO[C@H]1C(=O)NCC[C@H](O)C(=O)O)OCC1c2ccccc2-c2ccccc21. The lowest BCUT2D eigenvalue weighted by molar-refractivity contribution is -0.147. The highest BCUT2D eigenvalue weighted by Gasteiger charge is 2.36. The van der Waals surface area contributed by atoms with Crippen molar-refractivity contribution in [1.82, 2.24) is 10.6 Å². The molecule has 1 saturated heterocycles. The molecule has 0 radical (unpaired) electrons. The number of alkyl carbamates (subject to hydrolysis) is 1. The zero-order valence-electron chi connectivity index (χ0n) is 17.9. The van der Waals surface area contributed by atoms with Gasteiger partial charge in [-0.05, 0) is 28.7 Å². The number of carbonyl (C=O) groups excluding carboxylic acids is 2. The van der Waals surface area contributed by atoms with Gasteiger partial charge < -0.3 is 30.3 Å². The summed E-state index contributed by atoms with van der Waals surface area (Å²) in [6, 6.07) is 15.5. The van der Waals surface area contributed by atoms with E-state index in [1.165, 1.54) is 0 Å². The minimum absolute atomic E-state index is 0.0240. The fraction of sp³-hybridized carbons (Fsp3) is 0.375. The van der Waals surface area contributed by atoms with Gasteiger partial charge in [-0.25, -0.2) is 9.59 Å². The van der Waals surface area contributed by atoms with Crippen LogP contribution in [0, 0.1) is 0 Å². The van der Waals surface area contributed by atoms with E-state index in [0.29, 0.717) is 13.0 Å². The highest BCUT2D eigenvalue weighted by Crippen LogP contribution is 2.44. The van der Waals surface area contributed by atoms with Crippen LogP contribution in [0.2, 0.25) is 0 Å². The van der Waals surface area contributed by atoms with E-state index in [9.17, 15) is 19.5 Å². The molecule has 0 spiro atoms. The van der Waals surface area contributed by atoms with E-state index >= 15 is 0 Å². The molecule has 0 bridgehead atoms. The van der Waals surface area contributed by atoms with E-state index < -0.39 is 36.2 Å². The van der Waals surface area contributed by atoms with Gasteiger partial charge in [-0.15, -0.1) is 0 Å². The predicted octanol–water partition coefficient (Wildman–Crippen LogP) is 1.63. The maximum absolute atomic E-state index is 12.5. The fourth-order valence-corrected chi connectivity index (χ4v) is 4.34. The topological polar surface area (TPSA) is 134 Å². The lowest BCUT2D eigenvalue weighted by atomic mass is 9.98. The van der Waals surface area contributed by atoms with Gasteiger partial charge in [0.15, 0.2) is 12.2 Å². The number of rotatable bonds is 8. The Kier molecular flexibility index (Phi) is 6.90. The van der Waals surface area contributed by atoms with Gasteiger partial charge in [0.2, 0.25) is 0 Å². The zero-order valence-corrected chi connectivity index (χ0v) is 17.9. The number of hydrogen-bond donors (Lipinski definition) is 4. The molecule has 9 heteroatoms. The lowest BCUT2D eigenvalue weighted by Crippen LogP contribution is -2.49. The van der Waals surface area contributed by atoms with Crippen molar-refractivity contribution in [2.75, 3.05) is 19.8 Å². The van der Waals surface area contributed by atoms with E-state index in [4.69, 9.17) is 14.6 Å². The van der Waals surface area contributed by atoms with Gasteiger partial charge in [-0.2, -0.15) is 0 Å². The van der Waals surface area contributed by atoms with Gasteiger partial charge in [0.1, 0.15) is 6.61 Å². The molecule has 2 aromatic carbocycles. The quantitative estimate of drug-likeness (QED) is 0.476. The smallest absolute Gasteiger partial charge is 0.407 e. The van der Waals surface area contributed by atoms with Gasteiger partial charge in [-0.3, -0.25) is 4.79 Å². The molecule has 9 nitrogen and oxygen atoms in total. The number of hydrogen-bond acceptors (Lipinski definition) is 6. The molecule has 33 heavy (non-hydrogen) atoms. The molecule has 1 aliphatic heterocycles. The maximum atomic E-state index is 12.5. The highest BCUT2D eigenvalue weighted by atomic mass is 16.6. The van der Waals surface area contributed by atoms with Crippen LogP contribution in [0.1, 0.15) is 29.9 Å². The van der Waals surface area contributed by atoms with Crippen LogP contribution in [-0.2, 0) is 19.1 Å². The molecular weight excluding hydrogens is 428 g/mol. The number of carbonyl (C=O) groups is 3. The third-order valence-electron chi connectivity index (χ3n) is 6.00. The first-order chi connectivity index (χ1) is 16.0.